The number of β-amino-alcohol motifs (C(OH)–C–C–N with tert-alkyl or cyclic N) is 1. The predicted molar refractivity (Wildman–Crippen MR) is 113 cm³/mol. The number of anilines is 2. The molecule has 6 nitrogen and oxygen atoms in total. The Morgan fingerprint density at radius 1 is 1.16 bits per heavy atom. The number of hydrogen-bond donors (Lipinski definition) is 2. The van der Waals surface area contributed by atoms with Gasteiger partial charge in [0.25, 0.3) is 5.91 Å². The van der Waals surface area contributed by atoms with Crippen LogP contribution in [-0.2, 0) is 6.18 Å². The van der Waals surface area contributed by atoms with E-state index in [2.05, 4.69) is 20.1 Å². The molecule has 0 spiro atoms. The topological polar surface area (TPSA) is 68.7 Å². The van der Waals surface area contributed by atoms with Crippen LogP contribution in [0.5, 0.6) is 0 Å². The first-order chi connectivity index (χ1) is 14.8. The van der Waals surface area contributed by atoms with Crippen molar-refractivity contribution in [2.75, 3.05) is 42.9 Å². The number of nitrogens with zero attached hydrogens (tertiary/aromatic N) is 3. The van der Waals surface area contributed by atoms with Gasteiger partial charge in [0.2, 0.25) is 0 Å². The van der Waals surface area contributed by atoms with E-state index in [-0.39, 0.29) is 6.10 Å². The van der Waals surface area contributed by atoms with Crippen LogP contribution in [0.2, 0.25) is 0 Å². The van der Waals surface area contributed by atoms with Crippen molar-refractivity contribution in [2.24, 2.45) is 0 Å². The number of alkyl halides is 3. The summed E-state index contributed by atoms with van der Waals surface area (Å²) in [5.41, 5.74) is -1.08. The number of pyridine rings is 1. The molecule has 1 atom stereocenters. The van der Waals surface area contributed by atoms with Crippen LogP contribution >= 0.6 is 0 Å². The van der Waals surface area contributed by atoms with E-state index in [1.165, 1.54) is 18.3 Å². The summed E-state index contributed by atoms with van der Waals surface area (Å²) in [6.45, 7) is 5.90. The molecular weight excluding hydrogens is 409 g/mol. The first-order valence-electron chi connectivity index (χ1n) is 10.4. The minimum absolute atomic E-state index is 0.324. The molecule has 1 aliphatic heterocycles. The van der Waals surface area contributed by atoms with Crippen molar-refractivity contribution < 1.29 is 23.1 Å². The summed E-state index contributed by atoms with van der Waals surface area (Å²) in [4.78, 5) is 21.1. The van der Waals surface area contributed by atoms with Gasteiger partial charge in [-0.15, -0.1) is 0 Å². The highest BCUT2D eigenvalue weighted by Crippen LogP contribution is 2.32. The molecule has 1 amide bonds. The van der Waals surface area contributed by atoms with Gasteiger partial charge < -0.3 is 15.3 Å². The molecule has 0 aliphatic carbocycles. The molecule has 2 N–H and O–H groups in total. The zero-order valence-corrected chi connectivity index (χ0v) is 17.4. The summed E-state index contributed by atoms with van der Waals surface area (Å²) in [5, 5.41) is 12.4. The van der Waals surface area contributed by atoms with Crippen LogP contribution in [0.4, 0.5) is 24.7 Å². The molecule has 31 heavy (non-hydrogen) atoms. The number of carbonyl (C=O) groups excluding carboxylic acids is 1. The Morgan fingerprint density at radius 2 is 1.94 bits per heavy atom. The molecule has 1 unspecified atom stereocenters. The lowest BCUT2D eigenvalue weighted by molar-refractivity contribution is -0.137. The monoisotopic (exact) mass is 436 g/mol. The Kier molecular flexibility index (Phi) is 7.50. The van der Waals surface area contributed by atoms with E-state index in [1.54, 1.807) is 12.1 Å². The first kappa shape index (κ1) is 23.0. The third kappa shape index (κ3) is 6.18. The molecule has 3 rings (SSSR count). The Balaban J connectivity index is 1.63. The fourth-order valence-electron chi connectivity index (χ4n) is 3.58. The number of benzene rings is 1. The highest BCUT2D eigenvalue weighted by atomic mass is 19.4. The third-order valence-corrected chi connectivity index (χ3v) is 5.34. The maximum atomic E-state index is 13.1. The third-order valence-electron chi connectivity index (χ3n) is 5.34. The Bertz CT molecular complexity index is 874. The van der Waals surface area contributed by atoms with Crippen LogP contribution < -0.4 is 10.2 Å². The van der Waals surface area contributed by atoms with Gasteiger partial charge in [-0.2, -0.15) is 13.2 Å². The number of aliphatic hydroxyl groups excluding tert-OH is 1. The molecule has 1 fully saturated rings. The normalized spacial score (nSPS) is 16.6. The molecule has 0 bridgehead atoms. The lowest BCUT2D eigenvalue weighted by atomic mass is 10.1. The molecule has 1 aromatic carbocycles. The van der Waals surface area contributed by atoms with E-state index >= 15 is 0 Å². The van der Waals surface area contributed by atoms with Crippen LogP contribution in [0.3, 0.4) is 0 Å². The highest BCUT2D eigenvalue weighted by molar-refractivity contribution is 6.05. The van der Waals surface area contributed by atoms with Crippen LogP contribution in [-0.4, -0.2) is 59.7 Å². The zero-order valence-electron chi connectivity index (χ0n) is 17.4. The van der Waals surface area contributed by atoms with E-state index in [9.17, 15) is 23.1 Å². The summed E-state index contributed by atoms with van der Waals surface area (Å²) in [6.07, 6.45) is -1.82. The minimum atomic E-state index is -4.61. The van der Waals surface area contributed by atoms with Crippen LogP contribution in [0.15, 0.2) is 42.6 Å². The number of carbonyl (C=O) groups is 1. The van der Waals surface area contributed by atoms with Crippen molar-refractivity contribution in [3.05, 3.63) is 53.7 Å². The number of rotatable bonds is 6. The van der Waals surface area contributed by atoms with Crippen molar-refractivity contribution >= 4 is 17.4 Å². The van der Waals surface area contributed by atoms with E-state index in [0.717, 1.165) is 57.0 Å². The summed E-state index contributed by atoms with van der Waals surface area (Å²) in [6, 6.07) is 8.08. The fraction of sp³-hybridized carbons (Fsp3) is 0.455. The quantitative estimate of drug-likeness (QED) is 0.724. The minimum Gasteiger partial charge on any atom is -0.392 e. The lowest BCUT2D eigenvalue weighted by Gasteiger charge is -2.24. The molecule has 1 aliphatic rings. The van der Waals surface area contributed by atoms with Gasteiger partial charge in [0.1, 0.15) is 5.82 Å². The Hall–Kier alpha value is -2.65. The molecule has 2 aromatic rings. The molecule has 1 aromatic heterocycles. The van der Waals surface area contributed by atoms with Gasteiger partial charge in [-0.3, -0.25) is 9.69 Å². The number of amides is 1. The molecule has 168 valence electrons. The van der Waals surface area contributed by atoms with Crippen molar-refractivity contribution in [2.45, 2.75) is 32.0 Å². The summed E-state index contributed by atoms with van der Waals surface area (Å²) in [5.74, 6) is -0.0889. The van der Waals surface area contributed by atoms with Crippen molar-refractivity contribution in [3.63, 3.8) is 0 Å². The second kappa shape index (κ2) is 10.1. The van der Waals surface area contributed by atoms with Gasteiger partial charge in [-0.1, -0.05) is 19.1 Å². The van der Waals surface area contributed by atoms with Crippen LogP contribution in [0.1, 0.15) is 35.7 Å². The first-order valence-corrected chi connectivity index (χ1v) is 10.4. The smallest absolute Gasteiger partial charge is 0.392 e. The van der Waals surface area contributed by atoms with Crippen molar-refractivity contribution in [1.82, 2.24) is 9.88 Å². The van der Waals surface area contributed by atoms with Crippen molar-refractivity contribution in [3.8, 4) is 0 Å². The van der Waals surface area contributed by atoms with Gasteiger partial charge in [0.15, 0.2) is 0 Å². The second-order valence-electron chi connectivity index (χ2n) is 7.61. The predicted octanol–water partition coefficient (Wildman–Crippen LogP) is 3.64. The number of hydrogen-bond acceptors (Lipinski definition) is 5. The fourth-order valence-corrected chi connectivity index (χ4v) is 3.58. The Morgan fingerprint density at radius 3 is 2.61 bits per heavy atom. The largest absolute Gasteiger partial charge is 0.417 e. The summed E-state index contributed by atoms with van der Waals surface area (Å²) < 4.78 is 39.4. The SMILES string of the molecule is CCC(O)CN1CCCN(c2ccc(NC(=O)c3ccccc3C(F)(F)F)cn2)CC1. The van der Waals surface area contributed by atoms with E-state index in [1.807, 2.05) is 6.92 Å². The highest BCUT2D eigenvalue weighted by Gasteiger charge is 2.34. The molecular formula is C22H27F3N4O2. The van der Waals surface area contributed by atoms with Crippen molar-refractivity contribution in [1.29, 1.82) is 0 Å². The molecule has 9 heteroatoms. The van der Waals surface area contributed by atoms with Crippen LogP contribution in [0, 0.1) is 0 Å². The number of halogens is 3. The molecule has 2 heterocycles. The van der Waals surface area contributed by atoms with E-state index < -0.39 is 23.2 Å². The number of nitrogens with one attached hydrogen (secondary N) is 1. The summed E-state index contributed by atoms with van der Waals surface area (Å²) >= 11 is 0. The number of aromatic nitrogens is 1. The lowest BCUT2D eigenvalue weighted by Crippen LogP contribution is -2.35. The van der Waals surface area contributed by atoms with Gasteiger partial charge in [0.05, 0.1) is 29.1 Å². The average molecular weight is 436 g/mol. The Labute approximate surface area is 179 Å². The number of aliphatic hydroxyl groups is 1. The average Bonchev–Trinajstić information content (AvgIpc) is 2.99. The molecule has 0 saturated carbocycles. The zero-order chi connectivity index (χ0) is 22.4. The van der Waals surface area contributed by atoms with Gasteiger partial charge in [-0.25, -0.2) is 4.98 Å². The maximum Gasteiger partial charge on any atom is 0.417 e. The maximum absolute atomic E-state index is 13.1. The van der Waals surface area contributed by atoms with Gasteiger partial charge >= 0.3 is 6.18 Å². The van der Waals surface area contributed by atoms with Gasteiger partial charge in [-0.05, 0) is 43.7 Å². The molecule has 1 saturated heterocycles. The second-order valence-corrected chi connectivity index (χ2v) is 7.61. The van der Waals surface area contributed by atoms with E-state index in [0.29, 0.717) is 12.2 Å². The van der Waals surface area contributed by atoms with Crippen LogP contribution in [0.25, 0.3) is 0 Å². The van der Waals surface area contributed by atoms with E-state index in [4.69, 9.17) is 0 Å². The molecule has 0 radical (unpaired) electrons. The van der Waals surface area contributed by atoms with Gasteiger partial charge in [0, 0.05) is 26.2 Å². The standard InChI is InChI=1S/C22H27F3N4O2/c1-2-17(30)15-28-10-5-11-29(13-12-28)20-9-8-16(14-26-20)27-21(31)18-6-3-4-7-19(18)22(23,24)25/h3-4,6-9,14,17,30H,2,5,10-13,15H2,1H3,(H,27,31). The summed E-state index contributed by atoms with van der Waals surface area (Å²) in [7, 11) is 0.